The maximum Gasteiger partial charge on any atom is 0.165 e. The third-order valence-electron chi connectivity index (χ3n) is 2.99. The van der Waals surface area contributed by atoms with E-state index in [-0.39, 0.29) is 5.75 Å². The first-order valence-electron chi connectivity index (χ1n) is 5.88. The molecule has 19 heavy (non-hydrogen) atoms. The minimum atomic E-state index is -0.418. The predicted octanol–water partition coefficient (Wildman–Crippen LogP) is 2.89. The molecule has 0 bridgehead atoms. The SMILES string of the molecule is COc1cccc(C(N)c2ccc(OC)c(F)c2)c1. The fourth-order valence-corrected chi connectivity index (χ4v) is 1.90. The Hall–Kier alpha value is -2.07. The molecule has 3 nitrogen and oxygen atoms in total. The summed E-state index contributed by atoms with van der Waals surface area (Å²) in [5.74, 6) is 0.516. The first kappa shape index (κ1) is 13.4. The number of methoxy groups -OCH3 is 2. The molecule has 2 N–H and O–H groups in total. The highest BCUT2D eigenvalue weighted by atomic mass is 19.1. The molecule has 0 radical (unpaired) electrons. The zero-order valence-electron chi connectivity index (χ0n) is 10.9. The molecule has 0 saturated carbocycles. The van der Waals surface area contributed by atoms with Crippen LogP contribution in [0.5, 0.6) is 11.5 Å². The van der Waals surface area contributed by atoms with Gasteiger partial charge in [0.2, 0.25) is 0 Å². The molecular weight excluding hydrogens is 245 g/mol. The van der Waals surface area contributed by atoms with E-state index in [2.05, 4.69) is 0 Å². The molecule has 2 aromatic rings. The van der Waals surface area contributed by atoms with Crippen LogP contribution < -0.4 is 15.2 Å². The van der Waals surface area contributed by atoms with E-state index in [9.17, 15) is 4.39 Å². The first-order valence-corrected chi connectivity index (χ1v) is 5.88. The summed E-state index contributed by atoms with van der Waals surface area (Å²) in [7, 11) is 3.03. The molecule has 0 aliphatic rings. The number of benzene rings is 2. The average molecular weight is 261 g/mol. The van der Waals surface area contributed by atoms with E-state index in [0.717, 1.165) is 11.3 Å². The number of hydrogen-bond acceptors (Lipinski definition) is 3. The summed E-state index contributed by atoms with van der Waals surface area (Å²) < 4.78 is 23.7. The molecule has 0 spiro atoms. The van der Waals surface area contributed by atoms with Gasteiger partial charge >= 0.3 is 0 Å². The minimum absolute atomic E-state index is 0.210. The fourth-order valence-electron chi connectivity index (χ4n) is 1.90. The van der Waals surface area contributed by atoms with Crippen molar-refractivity contribution in [3.05, 3.63) is 59.4 Å². The summed E-state index contributed by atoms with van der Waals surface area (Å²) in [5.41, 5.74) is 7.69. The molecule has 4 heteroatoms. The molecule has 0 saturated heterocycles. The van der Waals surface area contributed by atoms with Crippen molar-refractivity contribution in [1.29, 1.82) is 0 Å². The molecule has 0 heterocycles. The van der Waals surface area contributed by atoms with Crippen molar-refractivity contribution >= 4 is 0 Å². The number of nitrogens with two attached hydrogens (primary N) is 1. The van der Waals surface area contributed by atoms with Crippen LogP contribution in [0.2, 0.25) is 0 Å². The summed E-state index contributed by atoms with van der Waals surface area (Å²) >= 11 is 0. The van der Waals surface area contributed by atoms with E-state index >= 15 is 0 Å². The van der Waals surface area contributed by atoms with Crippen LogP contribution in [0.3, 0.4) is 0 Å². The van der Waals surface area contributed by atoms with Crippen LogP contribution in [0.25, 0.3) is 0 Å². The molecule has 0 aliphatic carbocycles. The number of ether oxygens (including phenoxy) is 2. The number of halogens is 1. The van der Waals surface area contributed by atoms with Gasteiger partial charge in [0.05, 0.1) is 20.3 Å². The Balaban J connectivity index is 2.32. The summed E-state index contributed by atoms with van der Waals surface area (Å²) in [6.45, 7) is 0. The Bertz CT molecular complexity index is 572. The smallest absolute Gasteiger partial charge is 0.165 e. The van der Waals surface area contributed by atoms with E-state index in [1.807, 2.05) is 24.3 Å². The highest BCUT2D eigenvalue weighted by Gasteiger charge is 2.12. The van der Waals surface area contributed by atoms with E-state index in [1.54, 1.807) is 19.2 Å². The lowest BCUT2D eigenvalue weighted by Gasteiger charge is -2.14. The average Bonchev–Trinajstić information content (AvgIpc) is 2.46. The molecule has 1 atom stereocenters. The van der Waals surface area contributed by atoms with Crippen LogP contribution in [0.4, 0.5) is 4.39 Å². The second-order valence-electron chi connectivity index (χ2n) is 4.15. The van der Waals surface area contributed by atoms with Crippen LogP contribution in [0.1, 0.15) is 17.2 Å². The Morgan fingerprint density at radius 2 is 1.74 bits per heavy atom. The molecule has 2 aromatic carbocycles. The molecule has 2 rings (SSSR count). The van der Waals surface area contributed by atoms with E-state index in [4.69, 9.17) is 15.2 Å². The van der Waals surface area contributed by atoms with Gasteiger partial charge < -0.3 is 15.2 Å². The van der Waals surface area contributed by atoms with Crippen LogP contribution in [-0.2, 0) is 0 Å². The summed E-state index contributed by atoms with van der Waals surface area (Å²) in [4.78, 5) is 0. The largest absolute Gasteiger partial charge is 0.497 e. The van der Waals surface area contributed by atoms with Crippen LogP contribution in [0.15, 0.2) is 42.5 Å². The van der Waals surface area contributed by atoms with Gasteiger partial charge in [0.15, 0.2) is 11.6 Å². The topological polar surface area (TPSA) is 44.5 Å². The van der Waals surface area contributed by atoms with Gasteiger partial charge in [0.25, 0.3) is 0 Å². The third kappa shape index (κ3) is 2.85. The van der Waals surface area contributed by atoms with Crippen molar-refractivity contribution < 1.29 is 13.9 Å². The quantitative estimate of drug-likeness (QED) is 0.920. The van der Waals surface area contributed by atoms with Crippen molar-refractivity contribution in [2.24, 2.45) is 5.73 Å². The molecule has 100 valence electrons. The molecular formula is C15H16FNO2. The van der Waals surface area contributed by atoms with Gasteiger partial charge in [0.1, 0.15) is 5.75 Å². The summed E-state index contributed by atoms with van der Waals surface area (Å²) in [6.07, 6.45) is 0. The van der Waals surface area contributed by atoms with Crippen LogP contribution in [0, 0.1) is 5.82 Å². The Morgan fingerprint density at radius 1 is 1.00 bits per heavy atom. The second kappa shape index (κ2) is 5.71. The molecule has 0 aromatic heterocycles. The zero-order valence-corrected chi connectivity index (χ0v) is 10.9. The van der Waals surface area contributed by atoms with Gasteiger partial charge in [-0.2, -0.15) is 0 Å². The number of hydrogen-bond donors (Lipinski definition) is 1. The van der Waals surface area contributed by atoms with Crippen LogP contribution in [-0.4, -0.2) is 14.2 Å². The molecule has 1 unspecified atom stereocenters. The van der Waals surface area contributed by atoms with Gasteiger partial charge in [-0.15, -0.1) is 0 Å². The van der Waals surface area contributed by atoms with Gasteiger partial charge in [-0.3, -0.25) is 0 Å². The number of rotatable bonds is 4. The lowest BCUT2D eigenvalue weighted by molar-refractivity contribution is 0.386. The van der Waals surface area contributed by atoms with Gasteiger partial charge in [-0.25, -0.2) is 4.39 Å². The predicted molar refractivity (Wildman–Crippen MR) is 72.0 cm³/mol. The lowest BCUT2D eigenvalue weighted by Crippen LogP contribution is -2.12. The van der Waals surface area contributed by atoms with Crippen molar-refractivity contribution in [2.45, 2.75) is 6.04 Å². The first-order chi connectivity index (χ1) is 9.15. The summed E-state index contributed by atoms with van der Waals surface area (Å²) in [5, 5.41) is 0. The maximum atomic E-state index is 13.7. The molecule has 0 aliphatic heterocycles. The van der Waals surface area contributed by atoms with E-state index < -0.39 is 11.9 Å². The standard InChI is InChI=1S/C15H16FNO2/c1-18-12-5-3-4-10(8-12)15(17)11-6-7-14(19-2)13(16)9-11/h3-9,15H,17H2,1-2H3. The second-order valence-corrected chi connectivity index (χ2v) is 4.15. The maximum absolute atomic E-state index is 13.7. The zero-order chi connectivity index (χ0) is 13.8. The van der Waals surface area contributed by atoms with Crippen LogP contribution >= 0.6 is 0 Å². The van der Waals surface area contributed by atoms with Crippen molar-refractivity contribution in [3.63, 3.8) is 0 Å². The third-order valence-corrected chi connectivity index (χ3v) is 2.99. The Labute approximate surface area is 111 Å². The van der Waals surface area contributed by atoms with Crippen molar-refractivity contribution in [1.82, 2.24) is 0 Å². The van der Waals surface area contributed by atoms with Gasteiger partial charge in [-0.05, 0) is 35.4 Å². The molecule has 0 amide bonds. The van der Waals surface area contributed by atoms with Crippen molar-refractivity contribution in [3.8, 4) is 11.5 Å². The lowest BCUT2D eigenvalue weighted by atomic mass is 9.99. The van der Waals surface area contributed by atoms with E-state index in [0.29, 0.717) is 5.56 Å². The Morgan fingerprint density at radius 3 is 2.37 bits per heavy atom. The Kier molecular flexibility index (Phi) is 4.02. The van der Waals surface area contributed by atoms with E-state index in [1.165, 1.54) is 13.2 Å². The highest BCUT2D eigenvalue weighted by molar-refractivity contribution is 5.38. The van der Waals surface area contributed by atoms with Crippen molar-refractivity contribution in [2.75, 3.05) is 14.2 Å². The summed E-state index contributed by atoms with van der Waals surface area (Å²) in [6, 6.07) is 11.7. The van der Waals surface area contributed by atoms with Gasteiger partial charge in [-0.1, -0.05) is 18.2 Å². The fraction of sp³-hybridized carbons (Fsp3) is 0.200. The van der Waals surface area contributed by atoms with Gasteiger partial charge in [0, 0.05) is 0 Å². The highest BCUT2D eigenvalue weighted by Crippen LogP contribution is 2.26. The monoisotopic (exact) mass is 261 g/mol. The molecule has 0 fully saturated rings. The normalized spacial score (nSPS) is 12.0. The minimum Gasteiger partial charge on any atom is -0.497 e.